The Kier molecular flexibility index (Phi) is 14.2. The van der Waals surface area contributed by atoms with Gasteiger partial charge in [-0.3, -0.25) is 9.59 Å². The van der Waals surface area contributed by atoms with Crippen LogP contribution < -0.4 is 62.1 Å². The molecule has 0 bridgehead atoms. The maximum atomic E-state index is 13.8. The number of halogens is 3. The smallest absolute Gasteiger partial charge is 0.269 e. The van der Waals surface area contributed by atoms with Crippen molar-refractivity contribution in [1.29, 1.82) is 0 Å². The first-order valence-corrected chi connectivity index (χ1v) is 19.1. The Morgan fingerprint density at radius 1 is 0.585 bits per heavy atom. The number of nitrogens with zero attached hydrogens (tertiary/aromatic N) is 9. The predicted octanol–water partition coefficient (Wildman–Crippen LogP) is 5.27. The van der Waals surface area contributed by atoms with Gasteiger partial charge in [-0.05, 0) is 50.2 Å². The molecular weight excluding hydrogens is 858 g/mol. The third kappa shape index (κ3) is 11.3. The number of pyridine rings is 3. The molecule has 3 aliphatic rings. The molecule has 26 heteroatoms. The first kappa shape index (κ1) is 45.9. The molecule has 340 valence electrons. The number of carbonyl (C=O) groups excluding carboxylic acids is 2. The van der Waals surface area contributed by atoms with E-state index in [1.54, 1.807) is 71.4 Å². The Morgan fingerprint density at radius 2 is 1.02 bits per heavy atom. The van der Waals surface area contributed by atoms with Crippen LogP contribution in [-0.4, -0.2) is 103 Å². The van der Waals surface area contributed by atoms with E-state index >= 15 is 0 Å². The molecule has 0 fully saturated rings. The number of fused-ring (bicyclic) bond motifs is 3. The van der Waals surface area contributed by atoms with Gasteiger partial charge in [-0.15, -0.1) is 0 Å². The van der Waals surface area contributed by atoms with Crippen LogP contribution in [0.15, 0.2) is 55.0 Å². The van der Waals surface area contributed by atoms with Crippen LogP contribution in [-0.2, 0) is 9.59 Å². The van der Waals surface area contributed by atoms with Gasteiger partial charge in [0, 0.05) is 21.1 Å². The maximum Gasteiger partial charge on any atom is 0.269 e. The predicted molar refractivity (Wildman–Crippen MR) is 235 cm³/mol. The lowest BCUT2D eigenvalue weighted by Crippen LogP contribution is -2.46. The summed E-state index contributed by atoms with van der Waals surface area (Å²) in [7, 11) is 4.92. The largest absolute Gasteiger partial charge is 0.488 e. The summed E-state index contributed by atoms with van der Waals surface area (Å²) in [4.78, 5) is 59.0. The first-order valence-electron chi connectivity index (χ1n) is 19.1. The van der Waals surface area contributed by atoms with Gasteiger partial charge < -0.3 is 62.1 Å². The number of amides is 2. The number of ether oxygens (including phenoxy) is 3. The van der Waals surface area contributed by atoms with Crippen LogP contribution >= 0.6 is 0 Å². The molecule has 2 amide bonds. The zero-order valence-electron chi connectivity index (χ0n) is 34.5. The van der Waals surface area contributed by atoms with Gasteiger partial charge >= 0.3 is 0 Å². The minimum absolute atomic E-state index is 0. The fourth-order valence-corrected chi connectivity index (χ4v) is 5.48. The summed E-state index contributed by atoms with van der Waals surface area (Å²) in [5.41, 5.74) is -0.968. The van der Waals surface area contributed by atoms with Gasteiger partial charge in [-0.25, -0.2) is 43.1 Å². The number of anilines is 12. The van der Waals surface area contributed by atoms with Gasteiger partial charge in [0.05, 0.1) is 25.1 Å². The highest BCUT2D eigenvalue weighted by molar-refractivity contribution is 5.99. The van der Waals surface area contributed by atoms with E-state index in [4.69, 9.17) is 14.2 Å². The molecule has 0 aromatic carbocycles. The fraction of sp³-hybridized carbons (Fsp3) is 0.256. The van der Waals surface area contributed by atoms with Crippen molar-refractivity contribution in [2.24, 2.45) is 0 Å². The highest BCUT2D eigenvalue weighted by Gasteiger charge is 2.36. The lowest BCUT2D eigenvalue weighted by atomic mass is 10.1. The molecular formula is C39H43F3N18O5. The van der Waals surface area contributed by atoms with Crippen LogP contribution in [0, 0.1) is 17.5 Å². The molecule has 0 aliphatic carbocycles. The van der Waals surface area contributed by atoms with E-state index in [9.17, 15) is 22.8 Å². The molecule has 0 atom stereocenters. The summed E-state index contributed by atoms with van der Waals surface area (Å²) in [6.45, 7) is 4.57. The Labute approximate surface area is 368 Å². The highest BCUT2D eigenvalue weighted by atomic mass is 19.1. The second kappa shape index (κ2) is 20.1. The quantitative estimate of drug-likeness (QED) is 0.0893. The van der Waals surface area contributed by atoms with Crippen LogP contribution in [0.25, 0.3) is 0 Å². The third-order valence-corrected chi connectivity index (χ3v) is 8.63. The van der Waals surface area contributed by atoms with Crippen molar-refractivity contribution in [3.8, 4) is 17.2 Å². The highest BCUT2D eigenvalue weighted by Crippen LogP contribution is 2.34. The molecule has 0 radical (unpaired) electrons. The molecule has 65 heavy (non-hydrogen) atoms. The van der Waals surface area contributed by atoms with E-state index in [-0.39, 0.29) is 66.8 Å². The Balaban J connectivity index is 0.000000161. The monoisotopic (exact) mass is 900 g/mol. The number of hydrogen-bond acceptors (Lipinski definition) is 21. The van der Waals surface area contributed by atoms with Crippen molar-refractivity contribution in [2.45, 2.75) is 26.9 Å². The Bertz CT molecular complexity index is 2700. The van der Waals surface area contributed by atoms with Gasteiger partial charge in [-0.1, -0.05) is 7.43 Å². The van der Waals surface area contributed by atoms with Crippen LogP contribution in [0.3, 0.4) is 0 Å². The number of rotatable bonds is 9. The van der Waals surface area contributed by atoms with Crippen molar-refractivity contribution in [3.05, 3.63) is 72.4 Å². The van der Waals surface area contributed by atoms with Crippen LogP contribution in [0.4, 0.5) is 83.4 Å². The van der Waals surface area contributed by atoms with Gasteiger partial charge in [0.15, 0.2) is 81.8 Å². The summed E-state index contributed by atoms with van der Waals surface area (Å²) in [5.74, 6) is 2.36. The standard InChI is InChI=1S/C14H15FN6O2.C12H11FN6O2.C12H13FN6O.CH4/c1-14(2)12(22)20-11-8(23-14)4-5-9(19-11)18-10-7(15)6-17-13(16-3)21-10;1-14-12-15-4-6(13)10(19-12)16-8-3-2-7-11(17-8)18-9(20)5-21-7;1-14-12-16-6-7(13)10(19-12)17-9-3-2-8-11(18-9)15-4-5-20-8;/h4-6H,1-3H3,(H3,16,17,18,19,20,21,22);2-4H,5H2,1H3,(H3,14,15,16,17,18,19,20);2-3,6H,4-5H2,1H3,(H3,14,15,16,17,18,19);1H4. The zero-order valence-corrected chi connectivity index (χ0v) is 34.5. The normalized spacial score (nSPS) is 13.5. The van der Waals surface area contributed by atoms with Gasteiger partial charge in [0.1, 0.15) is 24.1 Å². The molecule has 6 aromatic heterocycles. The summed E-state index contributed by atoms with van der Waals surface area (Å²) in [6.07, 6.45) is 3.19. The topological polar surface area (TPSA) is 286 Å². The number of carbonyl (C=O) groups is 2. The van der Waals surface area contributed by atoms with Crippen molar-refractivity contribution in [2.75, 3.05) is 88.8 Å². The first-order chi connectivity index (χ1) is 30.8. The summed E-state index contributed by atoms with van der Waals surface area (Å²) >= 11 is 0. The molecule has 3 aliphatic heterocycles. The molecule has 0 spiro atoms. The molecule has 23 nitrogen and oxygen atoms in total. The molecule has 6 aromatic rings. The van der Waals surface area contributed by atoms with E-state index < -0.39 is 23.1 Å². The minimum atomic E-state index is -0.968. The molecule has 9 N–H and O–H groups in total. The zero-order chi connectivity index (χ0) is 45.4. The van der Waals surface area contributed by atoms with E-state index in [1.165, 1.54) is 0 Å². The van der Waals surface area contributed by atoms with E-state index in [0.717, 1.165) is 18.6 Å². The molecule has 0 saturated carbocycles. The number of nitrogens with one attached hydrogen (secondary N) is 9. The Hall–Kier alpha value is -8.58. The van der Waals surface area contributed by atoms with Gasteiger partial charge in [-0.2, -0.15) is 15.0 Å². The lowest BCUT2D eigenvalue weighted by molar-refractivity contribution is -0.129. The average Bonchev–Trinajstić information content (AvgIpc) is 3.29. The fourth-order valence-electron chi connectivity index (χ4n) is 5.48. The van der Waals surface area contributed by atoms with Crippen LogP contribution in [0.1, 0.15) is 21.3 Å². The summed E-state index contributed by atoms with van der Waals surface area (Å²) < 4.78 is 57.3. The second-order valence-electron chi connectivity index (χ2n) is 13.6. The van der Waals surface area contributed by atoms with Crippen molar-refractivity contribution in [1.82, 2.24) is 44.9 Å². The molecule has 0 unspecified atom stereocenters. The van der Waals surface area contributed by atoms with Crippen molar-refractivity contribution < 1.29 is 37.0 Å². The van der Waals surface area contributed by atoms with E-state index in [0.29, 0.717) is 59.6 Å². The Morgan fingerprint density at radius 3 is 1.49 bits per heavy atom. The summed E-state index contributed by atoms with van der Waals surface area (Å²) in [5, 5.41) is 24.8. The van der Waals surface area contributed by atoms with Crippen LogP contribution in [0.5, 0.6) is 17.2 Å². The van der Waals surface area contributed by atoms with E-state index in [2.05, 4.69) is 92.7 Å². The van der Waals surface area contributed by atoms with Gasteiger partial charge in [0.25, 0.3) is 11.8 Å². The van der Waals surface area contributed by atoms with E-state index in [1.807, 2.05) is 0 Å². The molecule has 9 heterocycles. The minimum Gasteiger partial charge on any atom is -0.488 e. The summed E-state index contributed by atoms with van der Waals surface area (Å²) in [6, 6.07) is 9.94. The molecule has 9 rings (SSSR count). The van der Waals surface area contributed by atoms with Crippen molar-refractivity contribution >= 4 is 82.0 Å². The second-order valence-corrected chi connectivity index (χ2v) is 13.6. The van der Waals surface area contributed by atoms with Gasteiger partial charge in [0.2, 0.25) is 17.8 Å². The third-order valence-electron chi connectivity index (χ3n) is 8.63. The number of hydrogen-bond donors (Lipinski definition) is 9. The SMILES string of the molecule is C.CNc1ncc(F)c(Nc2ccc3c(n2)NC(=O)C(C)(C)O3)n1.CNc1ncc(F)c(Nc2ccc3c(n2)NC(=O)CO3)n1.CNc1ncc(F)c(Nc2ccc3c(n2)NCCO3)n1. The molecule has 0 saturated heterocycles. The number of aromatic nitrogens is 9. The van der Waals surface area contributed by atoms with Crippen molar-refractivity contribution in [3.63, 3.8) is 0 Å². The lowest BCUT2D eigenvalue weighted by Gasteiger charge is -2.30. The maximum absolute atomic E-state index is 13.8. The average molecular weight is 901 g/mol. The van der Waals surface area contributed by atoms with Crippen LogP contribution in [0.2, 0.25) is 0 Å².